The second-order valence-electron chi connectivity index (χ2n) is 5.57. The number of amides is 1. The quantitative estimate of drug-likeness (QED) is 0.871. The number of aryl methyl sites for hydroxylation is 1. The third-order valence-corrected chi connectivity index (χ3v) is 4.45. The van der Waals surface area contributed by atoms with E-state index in [0.29, 0.717) is 5.69 Å². The Morgan fingerprint density at radius 2 is 2.18 bits per heavy atom. The van der Waals surface area contributed by atoms with Crippen LogP contribution in [0.1, 0.15) is 28.3 Å². The van der Waals surface area contributed by atoms with Gasteiger partial charge >= 0.3 is 0 Å². The molecule has 0 atom stereocenters. The molecule has 116 valence electrons. The van der Waals surface area contributed by atoms with Crippen LogP contribution in [0, 0.1) is 6.92 Å². The largest absolute Gasteiger partial charge is 0.336 e. The van der Waals surface area contributed by atoms with E-state index in [1.165, 1.54) is 11.3 Å². The minimum absolute atomic E-state index is 0.0526. The first kappa shape index (κ1) is 15.1. The Hall–Kier alpha value is -1.79. The van der Waals surface area contributed by atoms with Gasteiger partial charge < -0.3 is 4.90 Å². The number of hydrogen-bond acceptors (Lipinski definition) is 5. The van der Waals surface area contributed by atoms with Crippen LogP contribution in [0.15, 0.2) is 29.1 Å². The summed E-state index contributed by atoms with van der Waals surface area (Å²) in [6.07, 6.45) is 0.988. The van der Waals surface area contributed by atoms with Gasteiger partial charge in [-0.2, -0.15) is 0 Å². The molecular formula is C16H20N4OS. The number of carbonyl (C=O) groups excluding carboxylic acids is 1. The number of rotatable bonds is 3. The summed E-state index contributed by atoms with van der Waals surface area (Å²) < 4.78 is 0. The van der Waals surface area contributed by atoms with Crippen LogP contribution in [0.3, 0.4) is 0 Å². The zero-order valence-electron chi connectivity index (χ0n) is 12.7. The molecule has 0 unspecified atom stereocenters. The number of nitrogens with zero attached hydrogens (tertiary/aromatic N) is 4. The molecule has 22 heavy (non-hydrogen) atoms. The van der Waals surface area contributed by atoms with E-state index in [0.717, 1.165) is 50.5 Å². The maximum absolute atomic E-state index is 12.4. The average Bonchev–Trinajstić information content (AvgIpc) is 2.94. The van der Waals surface area contributed by atoms with Gasteiger partial charge in [0.15, 0.2) is 0 Å². The van der Waals surface area contributed by atoms with E-state index in [1.54, 1.807) is 5.51 Å². The summed E-state index contributed by atoms with van der Waals surface area (Å²) in [5, 5.41) is 1.82. The molecule has 0 saturated carbocycles. The van der Waals surface area contributed by atoms with Gasteiger partial charge in [-0.1, -0.05) is 6.07 Å². The van der Waals surface area contributed by atoms with E-state index in [1.807, 2.05) is 29.3 Å². The molecule has 0 aliphatic carbocycles. The smallest absolute Gasteiger partial charge is 0.273 e. The summed E-state index contributed by atoms with van der Waals surface area (Å²) in [5.74, 6) is 0.0526. The number of thiazole rings is 1. The summed E-state index contributed by atoms with van der Waals surface area (Å²) in [7, 11) is 0. The predicted octanol–water partition coefficient (Wildman–Crippen LogP) is 2.19. The van der Waals surface area contributed by atoms with Gasteiger partial charge in [0.2, 0.25) is 0 Å². The van der Waals surface area contributed by atoms with Crippen molar-refractivity contribution in [3.8, 4) is 0 Å². The van der Waals surface area contributed by atoms with Crippen LogP contribution in [0.2, 0.25) is 0 Å². The van der Waals surface area contributed by atoms with Crippen molar-refractivity contribution in [1.82, 2.24) is 19.8 Å². The molecule has 0 aromatic carbocycles. The van der Waals surface area contributed by atoms with E-state index in [2.05, 4.69) is 20.9 Å². The second-order valence-corrected chi connectivity index (χ2v) is 6.28. The van der Waals surface area contributed by atoms with Crippen molar-refractivity contribution in [2.24, 2.45) is 0 Å². The van der Waals surface area contributed by atoms with E-state index in [4.69, 9.17) is 0 Å². The fourth-order valence-corrected chi connectivity index (χ4v) is 3.25. The first-order chi connectivity index (χ1) is 10.7. The molecule has 0 spiro atoms. The van der Waals surface area contributed by atoms with Crippen molar-refractivity contribution < 1.29 is 4.79 Å². The highest BCUT2D eigenvalue weighted by molar-refractivity contribution is 7.07. The van der Waals surface area contributed by atoms with Crippen LogP contribution in [0.25, 0.3) is 0 Å². The van der Waals surface area contributed by atoms with Gasteiger partial charge in [-0.25, -0.2) is 4.98 Å². The first-order valence-corrected chi connectivity index (χ1v) is 8.49. The molecule has 3 rings (SSSR count). The van der Waals surface area contributed by atoms with Crippen molar-refractivity contribution in [3.63, 3.8) is 0 Å². The Morgan fingerprint density at radius 3 is 2.95 bits per heavy atom. The molecule has 0 N–H and O–H groups in total. The van der Waals surface area contributed by atoms with Crippen LogP contribution in [0.4, 0.5) is 0 Å². The summed E-state index contributed by atoms with van der Waals surface area (Å²) in [6, 6.07) is 6.13. The molecule has 2 aromatic heterocycles. The van der Waals surface area contributed by atoms with E-state index in [-0.39, 0.29) is 5.91 Å². The highest BCUT2D eigenvalue weighted by Crippen LogP contribution is 2.11. The Morgan fingerprint density at radius 1 is 1.27 bits per heavy atom. The summed E-state index contributed by atoms with van der Waals surface area (Å²) in [5.41, 5.74) is 4.42. The van der Waals surface area contributed by atoms with Crippen LogP contribution < -0.4 is 0 Å². The van der Waals surface area contributed by atoms with Crippen LogP contribution in [-0.2, 0) is 6.54 Å². The van der Waals surface area contributed by atoms with Gasteiger partial charge in [0, 0.05) is 43.8 Å². The van der Waals surface area contributed by atoms with Gasteiger partial charge in [-0.15, -0.1) is 11.3 Å². The fourth-order valence-electron chi connectivity index (χ4n) is 2.73. The Labute approximate surface area is 134 Å². The lowest BCUT2D eigenvalue weighted by Gasteiger charge is -2.21. The molecular weight excluding hydrogens is 296 g/mol. The maximum atomic E-state index is 12.4. The third-order valence-electron chi connectivity index (χ3n) is 3.86. The van der Waals surface area contributed by atoms with Crippen molar-refractivity contribution in [2.45, 2.75) is 19.9 Å². The van der Waals surface area contributed by atoms with Gasteiger partial charge in [0.1, 0.15) is 5.69 Å². The molecule has 1 saturated heterocycles. The van der Waals surface area contributed by atoms with Gasteiger partial charge in [0.05, 0.1) is 11.2 Å². The highest BCUT2D eigenvalue weighted by Gasteiger charge is 2.21. The lowest BCUT2D eigenvalue weighted by atomic mass is 10.3. The molecule has 1 aliphatic heterocycles. The van der Waals surface area contributed by atoms with E-state index < -0.39 is 0 Å². The molecule has 1 aliphatic rings. The summed E-state index contributed by atoms with van der Waals surface area (Å²) >= 11 is 1.46. The molecule has 5 nitrogen and oxygen atoms in total. The number of pyridine rings is 1. The highest BCUT2D eigenvalue weighted by atomic mass is 32.1. The minimum atomic E-state index is 0.0526. The Bertz CT molecular complexity index is 629. The van der Waals surface area contributed by atoms with E-state index >= 15 is 0 Å². The van der Waals surface area contributed by atoms with Gasteiger partial charge in [0.25, 0.3) is 5.91 Å². The van der Waals surface area contributed by atoms with E-state index in [9.17, 15) is 4.79 Å². The number of carbonyl (C=O) groups is 1. The SMILES string of the molecule is Cc1cccc(CN2CCCN(C(=O)c3cscn3)CC2)n1. The topological polar surface area (TPSA) is 49.3 Å². The number of hydrogen-bond donors (Lipinski definition) is 0. The minimum Gasteiger partial charge on any atom is -0.336 e. The molecule has 3 heterocycles. The Kier molecular flexibility index (Phi) is 4.80. The average molecular weight is 316 g/mol. The molecule has 2 aromatic rings. The normalized spacial score (nSPS) is 16.5. The first-order valence-electron chi connectivity index (χ1n) is 7.55. The molecule has 1 fully saturated rings. The lowest BCUT2D eigenvalue weighted by molar-refractivity contribution is 0.0756. The van der Waals surface area contributed by atoms with Crippen LogP contribution >= 0.6 is 11.3 Å². The summed E-state index contributed by atoms with van der Waals surface area (Å²) in [6.45, 7) is 6.29. The molecule has 0 radical (unpaired) electrons. The zero-order chi connectivity index (χ0) is 15.4. The van der Waals surface area contributed by atoms with Crippen molar-refractivity contribution in [3.05, 3.63) is 46.2 Å². The standard InChI is InChI=1S/C16H20N4OS/c1-13-4-2-5-14(18-13)10-19-6-3-7-20(9-8-19)16(21)15-11-22-12-17-15/h2,4-5,11-12H,3,6-10H2,1H3. The predicted molar refractivity (Wildman–Crippen MR) is 86.9 cm³/mol. The van der Waals surface area contributed by atoms with Gasteiger partial charge in [-0.3, -0.25) is 14.7 Å². The van der Waals surface area contributed by atoms with Crippen LogP contribution in [0.5, 0.6) is 0 Å². The second kappa shape index (κ2) is 6.98. The lowest BCUT2D eigenvalue weighted by Crippen LogP contribution is -2.35. The maximum Gasteiger partial charge on any atom is 0.273 e. The molecule has 1 amide bonds. The molecule has 6 heteroatoms. The number of aromatic nitrogens is 2. The Balaban J connectivity index is 1.59. The van der Waals surface area contributed by atoms with Crippen molar-refractivity contribution >= 4 is 17.2 Å². The zero-order valence-corrected chi connectivity index (χ0v) is 13.6. The monoisotopic (exact) mass is 316 g/mol. The molecule has 0 bridgehead atoms. The van der Waals surface area contributed by atoms with Crippen LogP contribution in [-0.4, -0.2) is 51.9 Å². The third kappa shape index (κ3) is 3.69. The van der Waals surface area contributed by atoms with Crippen molar-refractivity contribution in [1.29, 1.82) is 0 Å². The fraction of sp³-hybridized carbons (Fsp3) is 0.438. The van der Waals surface area contributed by atoms with Crippen molar-refractivity contribution in [2.75, 3.05) is 26.2 Å². The summed E-state index contributed by atoms with van der Waals surface area (Å²) in [4.78, 5) is 25.3. The van der Waals surface area contributed by atoms with Gasteiger partial charge in [-0.05, 0) is 25.5 Å².